The Kier molecular flexibility index (Phi) is 3.64. The SMILES string of the molecule is Nc1ccnc(CN2CCC(O)(C(F)(F)F)CC2)n1. The normalized spacial score (nSPS) is 20.4. The van der Waals surface area contributed by atoms with E-state index in [9.17, 15) is 18.3 Å². The van der Waals surface area contributed by atoms with Crippen LogP contribution in [0, 0.1) is 0 Å². The lowest BCUT2D eigenvalue weighted by atomic mass is 9.91. The largest absolute Gasteiger partial charge is 0.417 e. The minimum Gasteiger partial charge on any atom is -0.384 e. The number of aromatic nitrogens is 2. The van der Waals surface area contributed by atoms with Crippen molar-refractivity contribution in [3.8, 4) is 0 Å². The van der Waals surface area contributed by atoms with Gasteiger partial charge in [-0.2, -0.15) is 13.2 Å². The van der Waals surface area contributed by atoms with Crippen LogP contribution in [0.3, 0.4) is 0 Å². The van der Waals surface area contributed by atoms with Gasteiger partial charge in [-0.3, -0.25) is 4.90 Å². The molecule has 1 aliphatic heterocycles. The first-order valence-corrected chi connectivity index (χ1v) is 5.89. The number of nitrogens with zero attached hydrogens (tertiary/aromatic N) is 3. The highest BCUT2D eigenvalue weighted by Crippen LogP contribution is 2.38. The first-order chi connectivity index (χ1) is 8.80. The van der Waals surface area contributed by atoms with E-state index < -0.39 is 11.8 Å². The van der Waals surface area contributed by atoms with Gasteiger partial charge < -0.3 is 10.8 Å². The van der Waals surface area contributed by atoms with Gasteiger partial charge in [-0.25, -0.2) is 9.97 Å². The molecule has 0 unspecified atom stereocenters. The predicted octanol–water partition coefficient (Wildman–Crippen LogP) is 0.948. The van der Waals surface area contributed by atoms with Crippen molar-refractivity contribution < 1.29 is 18.3 Å². The number of piperidine rings is 1. The third-order valence-corrected chi connectivity index (χ3v) is 3.30. The fraction of sp³-hybridized carbons (Fsp3) is 0.636. The molecule has 3 N–H and O–H groups in total. The summed E-state index contributed by atoms with van der Waals surface area (Å²) in [6.07, 6.45) is -3.74. The molecule has 0 spiro atoms. The van der Waals surface area contributed by atoms with Crippen molar-refractivity contribution in [3.63, 3.8) is 0 Å². The van der Waals surface area contributed by atoms with E-state index in [2.05, 4.69) is 9.97 Å². The van der Waals surface area contributed by atoms with Crippen molar-refractivity contribution in [1.82, 2.24) is 14.9 Å². The highest BCUT2D eigenvalue weighted by atomic mass is 19.4. The van der Waals surface area contributed by atoms with Gasteiger partial charge in [-0.1, -0.05) is 0 Å². The summed E-state index contributed by atoms with van der Waals surface area (Å²) in [7, 11) is 0. The van der Waals surface area contributed by atoms with Crippen molar-refractivity contribution in [1.29, 1.82) is 0 Å². The van der Waals surface area contributed by atoms with Gasteiger partial charge in [0.25, 0.3) is 0 Å². The molecule has 106 valence electrons. The van der Waals surface area contributed by atoms with E-state index in [0.717, 1.165) is 0 Å². The van der Waals surface area contributed by atoms with Crippen LogP contribution in [0.1, 0.15) is 18.7 Å². The predicted molar refractivity (Wildman–Crippen MR) is 62.0 cm³/mol. The second-order valence-corrected chi connectivity index (χ2v) is 4.70. The molecule has 0 aliphatic carbocycles. The van der Waals surface area contributed by atoms with Gasteiger partial charge in [0, 0.05) is 19.3 Å². The molecule has 0 aromatic carbocycles. The number of anilines is 1. The minimum absolute atomic E-state index is 0.147. The number of halogens is 3. The van der Waals surface area contributed by atoms with E-state index in [1.54, 1.807) is 11.0 Å². The zero-order valence-corrected chi connectivity index (χ0v) is 10.2. The second-order valence-electron chi connectivity index (χ2n) is 4.70. The molecule has 1 aromatic heterocycles. The number of rotatable bonds is 2. The van der Waals surface area contributed by atoms with Crippen molar-refractivity contribution in [2.75, 3.05) is 18.8 Å². The number of nitrogen functional groups attached to an aromatic ring is 1. The first-order valence-electron chi connectivity index (χ1n) is 5.89. The molecule has 2 heterocycles. The number of aliphatic hydroxyl groups is 1. The monoisotopic (exact) mass is 276 g/mol. The van der Waals surface area contributed by atoms with Gasteiger partial charge in [0.15, 0.2) is 5.60 Å². The molecule has 8 heteroatoms. The van der Waals surface area contributed by atoms with Crippen molar-refractivity contribution in [2.45, 2.75) is 31.2 Å². The molecular formula is C11H15F3N4O. The van der Waals surface area contributed by atoms with Crippen molar-refractivity contribution in [2.24, 2.45) is 0 Å². The quantitative estimate of drug-likeness (QED) is 0.841. The van der Waals surface area contributed by atoms with Crippen LogP contribution in [-0.2, 0) is 6.54 Å². The Labute approximate surface area is 108 Å². The Balaban J connectivity index is 1.94. The third-order valence-electron chi connectivity index (χ3n) is 3.30. The summed E-state index contributed by atoms with van der Waals surface area (Å²) in [5, 5.41) is 9.53. The fourth-order valence-corrected chi connectivity index (χ4v) is 2.06. The molecule has 1 aromatic rings. The number of hydrogen-bond acceptors (Lipinski definition) is 5. The number of hydrogen-bond donors (Lipinski definition) is 2. The Morgan fingerprint density at radius 1 is 1.37 bits per heavy atom. The van der Waals surface area contributed by atoms with Gasteiger partial charge in [-0.05, 0) is 18.9 Å². The standard InChI is InChI=1S/C11H15F3N4O/c12-11(13,14)10(19)2-5-18(6-3-10)7-9-16-4-1-8(15)17-9/h1,4,19H,2-3,5-7H2,(H2,15,16,17). The Hall–Kier alpha value is -1.41. The average molecular weight is 276 g/mol. The molecule has 1 fully saturated rings. The van der Waals surface area contributed by atoms with Crippen molar-refractivity contribution >= 4 is 5.82 Å². The van der Waals surface area contributed by atoms with E-state index in [1.807, 2.05) is 0 Å². The Bertz CT molecular complexity index is 444. The molecule has 0 radical (unpaired) electrons. The Morgan fingerprint density at radius 3 is 2.53 bits per heavy atom. The van der Waals surface area contributed by atoms with E-state index >= 15 is 0 Å². The molecule has 1 aliphatic rings. The van der Waals surface area contributed by atoms with Crippen LogP contribution in [0.2, 0.25) is 0 Å². The highest BCUT2D eigenvalue weighted by molar-refractivity contribution is 5.24. The molecule has 2 rings (SSSR count). The maximum atomic E-state index is 12.6. The number of nitrogens with two attached hydrogens (primary N) is 1. The van der Waals surface area contributed by atoms with Gasteiger partial charge >= 0.3 is 6.18 Å². The minimum atomic E-state index is -4.58. The highest BCUT2D eigenvalue weighted by Gasteiger charge is 2.54. The van der Waals surface area contributed by atoms with Crippen LogP contribution in [0.25, 0.3) is 0 Å². The van der Waals surface area contributed by atoms with E-state index in [4.69, 9.17) is 5.73 Å². The van der Waals surface area contributed by atoms with E-state index in [0.29, 0.717) is 18.2 Å². The van der Waals surface area contributed by atoms with Gasteiger partial charge in [0.2, 0.25) is 0 Å². The van der Waals surface area contributed by atoms with Crippen LogP contribution in [0.4, 0.5) is 19.0 Å². The maximum Gasteiger partial charge on any atom is 0.417 e. The number of likely N-dealkylation sites (tertiary alicyclic amines) is 1. The zero-order chi connectivity index (χ0) is 14.1. The molecule has 0 amide bonds. The molecule has 0 atom stereocenters. The second kappa shape index (κ2) is 4.93. The van der Waals surface area contributed by atoms with Gasteiger partial charge in [0.1, 0.15) is 11.6 Å². The van der Waals surface area contributed by atoms with Gasteiger partial charge in [-0.15, -0.1) is 0 Å². The number of alkyl halides is 3. The third kappa shape index (κ3) is 3.13. The average Bonchev–Trinajstić information content (AvgIpc) is 2.31. The van der Waals surface area contributed by atoms with Crippen LogP contribution in [-0.4, -0.2) is 44.8 Å². The topological polar surface area (TPSA) is 75.3 Å². The summed E-state index contributed by atoms with van der Waals surface area (Å²) < 4.78 is 37.9. The van der Waals surface area contributed by atoms with E-state index in [-0.39, 0.29) is 25.9 Å². The van der Waals surface area contributed by atoms with Crippen LogP contribution in [0.5, 0.6) is 0 Å². The van der Waals surface area contributed by atoms with E-state index in [1.165, 1.54) is 6.20 Å². The summed E-state index contributed by atoms with van der Waals surface area (Å²) in [6.45, 7) is 0.626. The molecule has 0 bridgehead atoms. The molecule has 1 saturated heterocycles. The Morgan fingerprint density at radius 2 is 2.00 bits per heavy atom. The van der Waals surface area contributed by atoms with Crippen LogP contribution >= 0.6 is 0 Å². The van der Waals surface area contributed by atoms with Crippen LogP contribution < -0.4 is 5.73 Å². The molecule has 0 saturated carbocycles. The first kappa shape index (κ1) is 14.0. The summed E-state index contributed by atoms with van der Waals surface area (Å²) in [5.74, 6) is 0.797. The summed E-state index contributed by atoms with van der Waals surface area (Å²) in [6, 6.07) is 1.54. The zero-order valence-electron chi connectivity index (χ0n) is 10.2. The molecule has 19 heavy (non-hydrogen) atoms. The summed E-state index contributed by atoms with van der Waals surface area (Å²) in [4.78, 5) is 9.77. The summed E-state index contributed by atoms with van der Waals surface area (Å²) in [5.41, 5.74) is 2.94. The van der Waals surface area contributed by atoms with Crippen molar-refractivity contribution in [3.05, 3.63) is 18.1 Å². The molecule has 5 nitrogen and oxygen atoms in total. The lowest BCUT2D eigenvalue weighted by Gasteiger charge is -2.38. The fourth-order valence-electron chi connectivity index (χ4n) is 2.06. The summed E-state index contributed by atoms with van der Waals surface area (Å²) >= 11 is 0. The van der Waals surface area contributed by atoms with Crippen LogP contribution in [0.15, 0.2) is 12.3 Å². The lowest BCUT2D eigenvalue weighted by Crippen LogP contribution is -2.53. The maximum absolute atomic E-state index is 12.6. The lowest BCUT2D eigenvalue weighted by molar-refractivity contribution is -0.272. The molecular weight excluding hydrogens is 261 g/mol. The smallest absolute Gasteiger partial charge is 0.384 e. The van der Waals surface area contributed by atoms with Gasteiger partial charge in [0.05, 0.1) is 6.54 Å².